The average molecular weight is 452 g/mol. The largest absolute Gasteiger partial charge is 0.251 e. The maximum absolute atomic E-state index is 15.0. The Balaban J connectivity index is 1.31. The molecule has 0 unspecified atom stereocenters. The minimum Gasteiger partial charge on any atom is -0.207 e. The Morgan fingerprint density at radius 2 is 1.55 bits per heavy atom. The maximum Gasteiger partial charge on any atom is 0.251 e. The van der Waals surface area contributed by atoms with E-state index in [1.54, 1.807) is 6.07 Å². The van der Waals surface area contributed by atoms with Crippen molar-refractivity contribution in [1.29, 1.82) is 5.26 Å². The highest BCUT2D eigenvalue weighted by atomic mass is 19.3. The molecule has 0 radical (unpaired) electrons. The molecule has 0 heterocycles. The molecule has 2 aliphatic rings. The average Bonchev–Trinajstić information content (AvgIpc) is 2.84. The number of halogens is 3. The first-order chi connectivity index (χ1) is 15.9. The van der Waals surface area contributed by atoms with Crippen LogP contribution in [0, 0.1) is 34.9 Å². The van der Waals surface area contributed by atoms with Crippen LogP contribution in [0.2, 0.25) is 0 Å². The van der Waals surface area contributed by atoms with Crippen molar-refractivity contribution >= 4 is 0 Å². The summed E-state index contributed by atoms with van der Waals surface area (Å²) in [6.45, 7) is 3.81. The Bertz CT molecular complexity index is 989. The second-order valence-electron chi connectivity index (χ2n) is 9.96. The number of hydrogen-bond donors (Lipinski definition) is 0. The fourth-order valence-electron chi connectivity index (χ4n) is 5.76. The Hall–Kier alpha value is -2.54. The molecule has 2 aliphatic carbocycles. The minimum atomic E-state index is -2.55. The van der Waals surface area contributed by atoms with Gasteiger partial charge in [-0.1, -0.05) is 36.4 Å². The van der Waals surface area contributed by atoms with Crippen LogP contribution >= 0.6 is 0 Å². The van der Waals surface area contributed by atoms with Gasteiger partial charge in [0.25, 0.3) is 5.92 Å². The van der Waals surface area contributed by atoms with Gasteiger partial charge in [-0.15, -0.1) is 6.58 Å². The summed E-state index contributed by atoms with van der Waals surface area (Å²) in [5.41, 5.74) is 2.91. The Kier molecular flexibility index (Phi) is 7.27. The second-order valence-corrected chi connectivity index (χ2v) is 9.96. The zero-order chi connectivity index (χ0) is 23.4. The Labute approximate surface area is 195 Å². The van der Waals surface area contributed by atoms with E-state index in [9.17, 15) is 13.2 Å². The molecule has 0 amide bonds. The summed E-state index contributed by atoms with van der Waals surface area (Å²) in [6, 6.07) is 14.6. The van der Waals surface area contributed by atoms with E-state index in [1.807, 2.05) is 24.3 Å². The third kappa shape index (κ3) is 5.52. The van der Waals surface area contributed by atoms with Crippen molar-refractivity contribution < 1.29 is 13.2 Å². The van der Waals surface area contributed by atoms with Gasteiger partial charge in [-0.05, 0) is 97.9 Å². The van der Waals surface area contributed by atoms with Crippen molar-refractivity contribution in [3.05, 3.63) is 72.1 Å². The van der Waals surface area contributed by atoms with E-state index in [4.69, 9.17) is 5.26 Å². The second kappa shape index (κ2) is 10.2. The van der Waals surface area contributed by atoms with Gasteiger partial charge >= 0.3 is 0 Å². The molecule has 0 bridgehead atoms. The van der Waals surface area contributed by atoms with Gasteiger partial charge in [0.15, 0.2) is 0 Å². The number of allylic oxidation sites excluding steroid dienone is 1. The SMILES string of the molecule is C=CC1CCC(C(F)(F)CC2CCC(c3ccc(-c4ccc(C#N)c(F)c4)cc3)CC2)CC1. The normalized spacial score (nSPS) is 25.9. The molecule has 1 nitrogen and oxygen atoms in total. The third-order valence-corrected chi connectivity index (χ3v) is 7.91. The zero-order valence-electron chi connectivity index (χ0n) is 19.1. The van der Waals surface area contributed by atoms with Gasteiger partial charge in [0.2, 0.25) is 0 Å². The van der Waals surface area contributed by atoms with E-state index in [-0.39, 0.29) is 17.9 Å². The minimum absolute atomic E-state index is 0.0341. The molecule has 0 aromatic heterocycles. The first kappa shape index (κ1) is 23.6. The smallest absolute Gasteiger partial charge is 0.207 e. The summed E-state index contributed by atoms with van der Waals surface area (Å²) in [5.74, 6) is -2.62. The molecule has 2 saturated carbocycles. The predicted octanol–water partition coefficient (Wildman–Crippen LogP) is 8.66. The summed E-state index contributed by atoms with van der Waals surface area (Å²) in [4.78, 5) is 0. The lowest BCUT2D eigenvalue weighted by Gasteiger charge is -2.36. The topological polar surface area (TPSA) is 23.8 Å². The number of nitrogens with zero attached hydrogens (tertiary/aromatic N) is 1. The zero-order valence-corrected chi connectivity index (χ0v) is 19.1. The van der Waals surface area contributed by atoms with E-state index in [0.29, 0.717) is 24.7 Å². The molecule has 0 atom stereocenters. The van der Waals surface area contributed by atoms with E-state index in [0.717, 1.165) is 49.7 Å². The lowest BCUT2D eigenvalue weighted by Crippen LogP contribution is -2.34. The van der Waals surface area contributed by atoms with Crippen molar-refractivity contribution in [2.75, 3.05) is 0 Å². The first-order valence-corrected chi connectivity index (χ1v) is 12.2. The van der Waals surface area contributed by atoms with Crippen molar-refractivity contribution in [2.45, 2.75) is 69.6 Å². The van der Waals surface area contributed by atoms with E-state index >= 15 is 0 Å². The fraction of sp³-hybridized carbons (Fsp3) is 0.483. The Morgan fingerprint density at radius 3 is 2.12 bits per heavy atom. The molecule has 2 aromatic rings. The summed E-state index contributed by atoms with van der Waals surface area (Å²) >= 11 is 0. The quantitative estimate of drug-likeness (QED) is 0.403. The van der Waals surface area contributed by atoms with Crippen molar-refractivity contribution in [2.24, 2.45) is 17.8 Å². The highest BCUT2D eigenvalue weighted by Gasteiger charge is 2.43. The molecule has 0 N–H and O–H groups in total. The molecular formula is C29H32F3N. The summed E-state index contributed by atoms with van der Waals surface area (Å²) < 4.78 is 43.8. The first-order valence-electron chi connectivity index (χ1n) is 12.2. The van der Waals surface area contributed by atoms with Crippen LogP contribution in [0.5, 0.6) is 0 Å². The summed E-state index contributed by atoms with van der Waals surface area (Å²) in [7, 11) is 0. The van der Waals surface area contributed by atoms with Gasteiger partial charge in [0.05, 0.1) is 5.56 Å². The van der Waals surface area contributed by atoms with Gasteiger partial charge < -0.3 is 0 Å². The molecular weight excluding hydrogens is 419 g/mol. The number of hydrogen-bond acceptors (Lipinski definition) is 1. The molecule has 33 heavy (non-hydrogen) atoms. The van der Waals surface area contributed by atoms with Crippen molar-refractivity contribution in [3.63, 3.8) is 0 Å². The van der Waals surface area contributed by atoms with Crippen LogP contribution in [-0.2, 0) is 0 Å². The highest BCUT2D eigenvalue weighted by Crippen LogP contribution is 2.46. The van der Waals surface area contributed by atoms with Crippen LogP contribution in [0.25, 0.3) is 11.1 Å². The molecule has 2 fully saturated rings. The molecule has 0 aliphatic heterocycles. The van der Waals surface area contributed by atoms with Gasteiger partial charge in [0.1, 0.15) is 11.9 Å². The van der Waals surface area contributed by atoms with Crippen LogP contribution in [0.3, 0.4) is 0 Å². The van der Waals surface area contributed by atoms with Crippen LogP contribution in [-0.4, -0.2) is 5.92 Å². The van der Waals surface area contributed by atoms with Gasteiger partial charge in [-0.3, -0.25) is 0 Å². The molecule has 4 heteroatoms. The highest BCUT2D eigenvalue weighted by molar-refractivity contribution is 5.64. The van der Waals surface area contributed by atoms with Gasteiger partial charge in [-0.25, -0.2) is 13.2 Å². The summed E-state index contributed by atoms with van der Waals surface area (Å²) in [5, 5.41) is 8.89. The molecule has 4 rings (SSSR count). The summed E-state index contributed by atoms with van der Waals surface area (Å²) in [6.07, 6.45) is 8.47. The monoisotopic (exact) mass is 451 g/mol. The molecule has 174 valence electrons. The van der Waals surface area contributed by atoms with E-state index in [2.05, 4.69) is 18.7 Å². The standard InChI is InChI=1S/C29H32F3N/c1-2-20-5-15-27(16-6-20)29(31,32)18-21-3-7-22(8-4-21)23-9-11-24(12-10-23)25-13-14-26(19-33)28(30)17-25/h2,9-14,17,20-22,27H,1,3-8,15-16,18H2. The van der Waals surface area contributed by atoms with E-state index in [1.165, 1.54) is 17.7 Å². The number of benzene rings is 2. The van der Waals surface area contributed by atoms with Gasteiger partial charge in [-0.2, -0.15) is 5.26 Å². The van der Waals surface area contributed by atoms with E-state index < -0.39 is 17.7 Å². The van der Waals surface area contributed by atoms with Gasteiger partial charge in [0, 0.05) is 12.3 Å². The number of nitriles is 1. The van der Waals surface area contributed by atoms with Crippen molar-refractivity contribution in [1.82, 2.24) is 0 Å². The van der Waals surface area contributed by atoms with Crippen LogP contribution in [0.1, 0.15) is 74.8 Å². The van der Waals surface area contributed by atoms with Crippen LogP contribution in [0.15, 0.2) is 55.1 Å². The van der Waals surface area contributed by atoms with Crippen LogP contribution < -0.4 is 0 Å². The number of rotatable bonds is 6. The molecule has 0 spiro atoms. The lowest BCUT2D eigenvalue weighted by atomic mass is 9.73. The molecule has 2 aromatic carbocycles. The lowest BCUT2D eigenvalue weighted by molar-refractivity contribution is -0.0938. The predicted molar refractivity (Wildman–Crippen MR) is 126 cm³/mol. The maximum atomic E-state index is 15.0. The Morgan fingerprint density at radius 1 is 0.909 bits per heavy atom. The fourth-order valence-corrected chi connectivity index (χ4v) is 5.76. The molecule has 0 saturated heterocycles. The third-order valence-electron chi connectivity index (χ3n) is 7.91. The van der Waals surface area contributed by atoms with Crippen LogP contribution in [0.4, 0.5) is 13.2 Å². The van der Waals surface area contributed by atoms with Crippen molar-refractivity contribution in [3.8, 4) is 17.2 Å². The number of alkyl halides is 2.